The number of carbonyl (C=O) groups is 1. The van der Waals surface area contributed by atoms with Gasteiger partial charge in [-0.25, -0.2) is 9.18 Å². The molecule has 0 saturated carbocycles. The number of ether oxygens (including phenoxy) is 1. The van der Waals surface area contributed by atoms with Crippen LogP contribution in [0.4, 0.5) is 4.39 Å². The van der Waals surface area contributed by atoms with Crippen LogP contribution in [0.5, 0.6) is 0 Å². The van der Waals surface area contributed by atoms with Crippen molar-refractivity contribution in [2.75, 3.05) is 0 Å². The van der Waals surface area contributed by atoms with Crippen molar-refractivity contribution in [1.82, 2.24) is 0 Å². The maximum Gasteiger partial charge on any atom is 0.385 e. The first-order chi connectivity index (χ1) is 7.37. The molecule has 0 aromatic heterocycles. The van der Waals surface area contributed by atoms with E-state index in [2.05, 4.69) is 11.8 Å². The van der Waals surface area contributed by atoms with Crippen molar-refractivity contribution < 1.29 is 13.9 Å². The Kier molecular flexibility index (Phi) is 3.68. The Balaban J connectivity index is 2.68. The van der Waals surface area contributed by atoms with Crippen molar-refractivity contribution >= 4 is 5.97 Å². The summed E-state index contributed by atoms with van der Waals surface area (Å²) in [6, 6.07) is 5.59. The fourth-order valence-electron chi connectivity index (χ4n) is 0.960. The normalized spacial score (nSPS) is 10.2. The van der Waals surface area contributed by atoms with Crippen LogP contribution in [-0.2, 0) is 9.53 Å². The number of esters is 1. The molecule has 0 heterocycles. The smallest absolute Gasteiger partial charge is 0.385 e. The second kappa shape index (κ2) is 4.80. The third-order valence-electron chi connectivity index (χ3n) is 1.55. The molecule has 2 nitrogen and oxygen atoms in total. The van der Waals surface area contributed by atoms with Gasteiger partial charge in [0.25, 0.3) is 0 Å². The van der Waals surface area contributed by atoms with Crippen LogP contribution in [0.15, 0.2) is 24.3 Å². The zero-order valence-electron chi connectivity index (χ0n) is 9.50. The molecule has 0 saturated heterocycles. The van der Waals surface area contributed by atoms with E-state index in [9.17, 15) is 9.18 Å². The first kappa shape index (κ1) is 12.3. The Morgan fingerprint density at radius 1 is 1.25 bits per heavy atom. The molecule has 1 aromatic carbocycles. The van der Waals surface area contributed by atoms with Gasteiger partial charge in [0.2, 0.25) is 0 Å². The Morgan fingerprint density at radius 3 is 2.31 bits per heavy atom. The quantitative estimate of drug-likeness (QED) is 0.496. The molecular formula is C13H13FO2. The van der Waals surface area contributed by atoms with E-state index in [0.29, 0.717) is 5.56 Å². The molecular weight excluding hydrogens is 207 g/mol. The van der Waals surface area contributed by atoms with Gasteiger partial charge in [0, 0.05) is 11.5 Å². The van der Waals surface area contributed by atoms with E-state index in [-0.39, 0.29) is 5.82 Å². The lowest BCUT2D eigenvalue weighted by Gasteiger charge is -2.16. The Bertz CT molecular complexity index is 430. The van der Waals surface area contributed by atoms with E-state index in [1.165, 1.54) is 24.3 Å². The first-order valence-electron chi connectivity index (χ1n) is 4.87. The minimum Gasteiger partial charge on any atom is -0.450 e. The second-order valence-corrected chi connectivity index (χ2v) is 4.26. The van der Waals surface area contributed by atoms with Crippen LogP contribution in [0.25, 0.3) is 0 Å². The van der Waals surface area contributed by atoms with Crippen molar-refractivity contribution in [1.29, 1.82) is 0 Å². The van der Waals surface area contributed by atoms with E-state index in [0.717, 1.165) is 0 Å². The molecule has 84 valence electrons. The van der Waals surface area contributed by atoms with Gasteiger partial charge < -0.3 is 4.74 Å². The van der Waals surface area contributed by atoms with Crippen molar-refractivity contribution in [3.8, 4) is 11.8 Å². The second-order valence-electron chi connectivity index (χ2n) is 4.26. The van der Waals surface area contributed by atoms with Crippen LogP contribution < -0.4 is 0 Å². The van der Waals surface area contributed by atoms with Crippen LogP contribution in [-0.4, -0.2) is 11.6 Å². The van der Waals surface area contributed by atoms with Crippen LogP contribution in [0.1, 0.15) is 26.3 Å². The summed E-state index contributed by atoms with van der Waals surface area (Å²) in [5.74, 6) is 4.03. The highest BCUT2D eigenvalue weighted by Crippen LogP contribution is 2.06. The summed E-state index contributed by atoms with van der Waals surface area (Å²) >= 11 is 0. The zero-order chi connectivity index (χ0) is 12.2. The highest BCUT2D eigenvalue weighted by atomic mass is 19.1. The van der Waals surface area contributed by atoms with Gasteiger partial charge in [-0.15, -0.1) is 0 Å². The SMILES string of the molecule is CC(C)(C)OC(=O)C#Cc1ccc(F)cc1. The molecule has 0 unspecified atom stereocenters. The number of rotatable bonds is 0. The molecule has 0 N–H and O–H groups in total. The summed E-state index contributed by atoms with van der Waals surface area (Å²) in [5, 5.41) is 0. The minimum absolute atomic E-state index is 0.331. The lowest BCUT2D eigenvalue weighted by Crippen LogP contribution is -2.22. The molecule has 0 amide bonds. The lowest BCUT2D eigenvalue weighted by atomic mass is 10.2. The first-order valence-corrected chi connectivity index (χ1v) is 4.87. The third kappa shape index (κ3) is 4.61. The van der Waals surface area contributed by atoms with Gasteiger partial charge in [-0.2, -0.15) is 0 Å². The van der Waals surface area contributed by atoms with Crippen molar-refractivity contribution in [3.05, 3.63) is 35.6 Å². The summed E-state index contributed by atoms with van der Waals surface area (Å²) in [7, 11) is 0. The molecule has 0 aliphatic heterocycles. The predicted molar refractivity (Wildman–Crippen MR) is 59.1 cm³/mol. The van der Waals surface area contributed by atoms with Gasteiger partial charge in [-0.3, -0.25) is 0 Å². The fraction of sp³-hybridized carbons (Fsp3) is 0.308. The van der Waals surface area contributed by atoms with Crippen LogP contribution >= 0.6 is 0 Å². The fourth-order valence-corrected chi connectivity index (χ4v) is 0.960. The highest BCUT2D eigenvalue weighted by Gasteiger charge is 2.14. The van der Waals surface area contributed by atoms with Crippen molar-refractivity contribution in [3.63, 3.8) is 0 Å². The Morgan fingerprint density at radius 2 is 1.81 bits per heavy atom. The van der Waals surface area contributed by atoms with E-state index in [1.54, 1.807) is 20.8 Å². The predicted octanol–water partition coefficient (Wildman–Crippen LogP) is 2.52. The van der Waals surface area contributed by atoms with Crippen LogP contribution in [0.2, 0.25) is 0 Å². The monoisotopic (exact) mass is 220 g/mol. The van der Waals surface area contributed by atoms with Crippen LogP contribution in [0, 0.1) is 17.7 Å². The van der Waals surface area contributed by atoms with Gasteiger partial charge in [-0.05, 0) is 45.0 Å². The van der Waals surface area contributed by atoms with Gasteiger partial charge in [0.05, 0.1) is 0 Å². The molecule has 0 spiro atoms. The summed E-state index contributed by atoms with van der Waals surface area (Å²) < 4.78 is 17.6. The van der Waals surface area contributed by atoms with E-state index < -0.39 is 11.6 Å². The molecule has 1 aromatic rings. The minimum atomic E-state index is -0.586. The van der Waals surface area contributed by atoms with E-state index in [4.69, 9.17) is 4.74 Å². The standard InChI is InChI=1S/C13H13FO2/c1-13(2,3)16-12(15)9-6-10-4-7-11(14)8-5-10/h4-5,7-8H,1-3H3. The molecule has 0 aliphatic rings. The molecule has 0 fully saturated rings. The van der Waals surface area contributed by atoms with Gasteiger partial charge >= 0.3 is 5.97 Å². The zero-order valence-corrected chi connectivity index (χ0v) is 9.50. The summed E-state index contributed by atoms with van der Waals surface area (Å²) in [6.07, 6.45) is 0. The molecule has 0 radical (unpaired) electrons. The summed E-state index contributed by atoms with van der Waals surface area (Å²) in [6.45, 7) is 5.30. The number of halogens is 1. The molecule has 0 aliphatic carbocycles. The number of benzene rings is 1. The molecule has 0 bridgehead atoms. The maximum atomic E-state index is 12.6. The lowest BCUT2D eigenvalue weighted by molar-refractivity contribution is -0.147. The Labute approximate surface area is 94.4 Å². The summed E-state index contributed by atoms with van der Waals surface area (Å²) in [4.78, 5) is 11.2. The van der Waals surface area contributed by atoms with Crippen molar-refractivity contribution in [2.45, 2.75) is 26.4 Å². The van der Waals surface area contributed by atoms with Gasteiger partial charge in [-0.1, -0.05) is 5.92 Å². The van der Waals surface area contributed by atoms with Crippen molar-refractivity contribution in [2.24, 2.45) is 0 Å². The topological polar surface area (TPSA) is 26.3 Å². The average molecular weight is 220 g/mol. The summed E-state index contributed by atoms with van der Waals surface area (Å²) in [5.41, 5.74) is 0.0291. The molecule has 1 rings (SSSR count). The molecule has 0 atom stereocenters. The number of hydrogen-bond donors (Lipinski definition) is 0. The largest absolute Gasteiger partial charge is 0.450 e. The van der Waals surface area contributed by atoms with Crippen LogP contribution in [0.3, 0.4) is 0 Å². The van der Waals surface area contributed by atoms with Gasteiger partial charge in [0.15, 0.2) is 0 Å². The number of hydrogen-bond acceptors (Lipinski definition) is 2. The third-order valence-corrected chi connectivity index (χ3v) is 1.55. The molecule has 16 heavy (non-hydrogen) atoms. The maximum absolute atomic E-state index is 12.6. The average Bonchev–Trinajstić information content (AvgIpc) is 2.14. The Hall–Kier alpha value is -1.82. The number of carbonyl (C=O) groups excluding carboxylic acids is 1. The van der Waals surface area contributed by atoms with Gasteiger partial charge in [0.1, 0.15) is 11.4 Å². The molecule has 3 heteroatoms. The van der Waals surface area contributed by atoms with E-state index in [1.807, 2.05) is 0 Å². The van der Waals surface area contributed by atoms with E-state index >= 15 is 0 Å². The highest BCUT2D eigenvalue weighted by molar-refractivity contribution is 5.89.